The van der Waals surface area contributed by atoms with Crippen molar-refractivity contribution >= 4 is 112 Å². The summed E-state index contributed by atoms with van der Waals surface area (Å²) in [5.74, 6) is -1.81. The van der Waals surface area contributed by atoms with E-state index < -0.39 is 78.1 Å². The fraction of sp³-hybridized carbons (Fsp3) is 0.412. The molecule has 7 N–H and O–H groups in total. The lowest BCUT2D eigenvalue weighted by Gasteiger charge is -2.37. The smallest absolute Gasteiger partial charge is 0.382 e. The summed E-state index contributed by atoms with van der Waals surface area (Å²) in [5, 5.41) is 56.8. The number of fused-ring (bicyclic) bond motifs is 6. The largest absolute Gasteiger partial charge is 0.497 e. The molecule has 0 bridgehead atoms. The van der Waals surface area contributed by atoms with Crippen LogP contribution in [0.1, 0.15) is 228 Å². The van der Waals surface area contributed by atoms with Crippen LogP contribution in [0.15, 0.2) is 264 Å². The molecule has 0 amide bonds. The number of aryl methyl sites for hydroxylation is 2. The van der Waals surface area contributed by atoms with Gasteiger partial charge in [0, 0.05) is 170 Å². The van der Waals surface area contributed by atoms with Crippen LogP contribution in [-0.2, 0) is 81.2 Å². The molecular formula is C114H134N10O18S3+2. The average Bonchev–Trinajstić information content (AvgIpc) is 1.73. The van der Waals surface area contributed by atoms with Gasteiger partial charge in [0.15, 0.2) is 36.4 Å². The van der Waals surface area contributed by atoms with Crippen molar-refractivity contribution in [3.63, 3.8) is 0 Å². The maximum absolute atomic E-state index is 15.2. The Bertz CT molecular complexity index is 6920. The second-order valence-corrected chi connectivity index (χ2v) is 44.7. The van der Waals surface area contributed by atoms with E-state index in [-0.39, 0.29) is 113 Å². The molecule has 145 heavy (non-hydrogen) atoms. The van der Waals surface area contributed by atoms with Gasteiger partial charge < -0.3 is 49.5 Å². The molecule has 0 saturated carbocycles. The average molecular weight is 2030 g/mol. The molecule has 764 valence electrons. The molecule has 9 aromatic carbocycles. The third-order valence-electron chi connectivity index (χ3n) is 29.7. The molecule has 0 aromatic heterocycles. The van der Waals surface area contributed by atoms with Gasteiger partial charge in [-0.2, -0.15) is 30.3 Å². The second-order valence-electron chi connectivity index (χ2n) is 40.0. The molecule has 6 heterocycles. The van der Waals surface area contributed by atoms with E-state index in [0.29, 0.717) is 112 Å². The van der Waals surface area contributed by atoms with Gasteiger partial charge in [-0.1, -0.05) is 179 Å². The number of Topliss-reactive ketones (excluding diaryl/α,β-unsaturated/α-hetero) is 1. The highest BCUT2D eigenvalue weighted by molar-refractivity contribution is 7.89. The van der Waals surface area contributed by atoms with Crippen LogP contribution < -0.4 is 14.5 Å². The van der Waals surface area contributed by atoms with Crippen LogP contribution in [0.3, 0.4) is 0 Å². The van der Waals surface area contributed by atoms with E-state index in [1.807, 2.05) is 72.8 Å². The van der Waals surface area contributed by atoms with Crippen LogP contribution in [-0.4, -0.2) is 210 Å². The Kier molecular flexibility index (Phi) is 33.5. The van der Waals surface area contributed by atoms with Crippen molar-refractivity contribution in [1.29, 1.82) is 0 Å². The molecule has 28 nitrogen and oxygen atoms in total. The normalized spacial score (nSPS) is 19.0. The van der Waals surface area contributed by atoms with Crippen molar-refractivity contribution in [3.05, 3.63) is 291 Å². The number of aliphatic hydroxyl groups is 5. The number of piperidine rings is 1. The number of ether oxygens (including phenoxy) is 3. The zero-order valence-electron chi connectivity index (χ0n) is 83.7. The fourth-order valence-corrected chi connectivity index (χ4v) is 24.7. The van der Waals surface area contributed by atoms with Gasteiger partial charge in [-0.15, -0.1) is 0 Å². The van der Waals surface area contributed by atoms with Gasteiger partial charge in [-0.25, -0.2) is 23.2 Å². The fourth-order valence-electron chi connectivity index (χ4n) is 22.0. The number of ketones is 1. The summed E-state index contributed by atoms with van der Waals surface area (Å²) in [6, 6.07) is 59.2. The van der Waals surface area contributed by atoms with Gasteiger partial charge >= 0.3 is 12.1 Å². The highest BCUT2D eigenvalue weighted by atomic mass is 32.2. The first-order chi connectivity index (χ1) is 69.6. The Morgan fingerprint density at radius 1 is 0.593 bits per heavy atom. The molecule has 9 aromatic rings. The Morgan fingerprint density at radius 2 is 1.25 bits per heavy atom. The minimum atomic E-state index is -4.51. The summed E-state index contributed by atoms with van der Waals surface area (Å²) in [4.78, 5) is 55.5. The maximum Gasteiger partial charge on any atom is 0.382 e. The topological polar surface area (TPSA) is 383 Å². The summed E-state index contributed by atoms with van der Waals surface area (Å²) in [6.45, 7) is 17.4. The van der Waals surface area contributed by atoms with Crippen LogP contribution in [0.25, 0.3) is 0 Å². The van der Waals surface area contributed by atoms with E-state index in [2.05, 4.69) is 163 Å². The van der Waals surface area contributed by atoms with Gasteiger partial charge in [0.05, 0.1) is 25.7 Å². The molecule has 7 aliphatic rings. The van der Waals surface area contributed by atoms with E-state index in [1.54, 1.807) is 66.7 Å². The molecule has 31 heteroatoms. The van der Waals surface area contributed by atoms with Crippen LogP contribution in [0, 0.1) is 25.7 Å². The monoisotopic (exact) mass is 2030 g/mol. The third kappa shape index (κ3) is 24.5. The molecular weight excluding hydrogens is 1890 g/mol. The van der Waals surface area contributed by atoms with Crippen molar-refractivity contribution in [3.8, 4) is 5.75 Å². The summed E-state index contributed by atoms with van der Waals surface area (Å²) in [5.41, 5.74) is 15.3. The zero-order chi connectivity index (χ0) is 102. The number of sulfonamides is 1. The van der Waals surface area contributed by atoms with Crippen LogP contribution >= 0.6 is 0 Å². The summed E-state index contributed by atoms with van der Waals surface area (Å²) in [7, 11) is -12.9. The van der Waals surface area contributed by atoms with Gasteiger partial charge in [0.25, 0.3) is 20.2 Å². The van der Waals surface area contributed by atoms with E-state index in [9.17, 15) is 61.1 Å². The predicted octanol–water partition coefficient (Wildman–Crippen LogP) is 21.0. The third-order valence-corrected chi connectivity index (χ3v) is 33.4. The maximum atomic E-state index is 15.2. The van der Waals surface area contributed by atoms with Crippen LogP contribution in [0.4, 0.5) is 28.4 Å². The lowest BCUT2D eigenvalue weighted by atomic mass is 9.75. The van der Waals surface area contributed by atoms with E-state index in [1.165, 1.54) is 40.3 Å². The number of nitrogens with zero attached hydrogens (tertiary/aromatic N) is 10. The molecule has 0 radical (unpaired) electrons. The van der Waals surface area contributed by atoms with Crippen molar-refractivity contribution in [2.45, 2.75) is 239 Å². The van der Waals surface area contributed by atoms with Gasteiger partial charge in [-0.3, -0.25) is 28.9 Å². The Hall–Kier alpha value is -12.8. The second kappa shape index (κ2) is 46.3. The first-order valence-corrected chi connectivity index (χ1v) is 55.2. The van der Waals surface area contributed by atoms with Crippen LogP contribution in [0.2, 0.25) is 0 Å². The van der Waals surface area contributed by atoms with Gasteiger partial charge in [-0.05, 0) is 205 Å². The number of carbonyl (C=O) groups excluding carboxylic acids is 2. The number of hydrogen-bond donors (Lipinski definition) is 7. The van der Waals surface area contributed by atoms with Crippen LogP contribution in [0.5, 0.6) is 5.75 Å². The molecule has 5 atom stereocenters. The molecule has 0 spiro atoms. The molecule has 1 saturated heterocycles. The lowest BCUT2D eigenvalue weighted by Crippen LogP contribution is -2.42. The summed E-state index contributed by atoms with van der Waals surface area (Å²) < 4.78 is 124. The molecule has 1 fully saturated rings. The van der Waals surface area contributed by atoms with Crippen molar-refractivity contribution < 1.29 is 92.8 Å². The quantitative estimate of drug-likeness (QED) is 0.00466. The Morgan fingerprint density at radius 3 is 1.99 bits per heavy atom. The Labute approximate surface area is 851 Å². The molecule has 1 aliphatic carbocycles. The number of aliphatic imine (C=N–C) groups is 5. The molecule has 6 aliphatic heterocycles. The number of esters is 1. The number of aliphatic hydroxyl groups excluding tert-OH is 5. The van der Waals surface area contributed by atoms with Crippen molar-refractivity contribution in [2.24, 2.45) is 36.8 Å². The number of unbranched alkanes of at least 4 members (excludes halogenated alkanes) is 8. The highest BCUT2D eigenvalue weighted by Crippen LogP contribution is 2.53. The van der Waals surface area contributed by atoms with E-state index in [4.69, 9.17) is 14.2 Å². The molecule has 3 unspecified atom stereocenters. The zero-order valence-corrected chi connectivity index (χ0v) is 86.1. The number of para-hydroxylation sites is 2. The summed E-state index contributed by atoms with van der Waals surface area (Å²) >= 11 is 0. The standard InChI is InChI=1S/C114H132N10O18S3/c1-8-121-97-54-50-86(144(134,135)136)72-92(97)114(6,7)103(121)44-19-13-20-45-104-113(4,5)91-53-49-87(145(137,138)139)73-98(91)124(104)62-32-14-21-46-105(126)115-59-31-28-40-93(118-110(129)94(69-78-33-15-11-16-34-78)119-112(131)141-74-79-35-17-12-18-36-79)99(125)75-140-111(130)106-76(2)67-83(68-77(106)3)109(128)117-61-30-10-9-29-60-116-108(127)82-55-63-120(64-56-82)143(132,133)102-43-27-24-39-90(102)107-88-51-47-84(122-65-57-80-37-22-25-41-95(80)122)70-100(88)142-101-71-85(48-52-89(101)107)123-66-58-81-38-23-26-42-96(81)123/h11-12,15-18,22-27,33-39,41-43,47-54,67-68,70-73,82,88,93-94,104,107H,8-10,13-14,19-21,28-32,40,44-46,55-66,69,74-75H2,1-7H3,(H5-2,115,116,117,118,119,126,127,128,129,131,134,135,136,137,138,139)/p+2/t88?,93-,94-,104?,107?/m0/s1. The van der Waals surface area contributed by atoms with E-state index in [0.717, 1.165) is 127 Å². The number of carbonyl (C=O) groups is 2. The van der Waals surface area contributed by atoms with Crippen molar-refractivity contribution in [1.82, 2.24) is 4.31 Å². The Balaban J connectivity index is 0.501. The van der Waals surface area contributed by atoms with E-state index >= 15 is 8.42 Å². The lowest BCUT2D eigenvalue weighted by molar-refractivity contribution is -0.435. The predicted molar refractivity (Wildman–Crippen MR) is 568 cm³/mol. The SMILES string of the molecule is CC[N+]1=C(CCCCCC2N(CCCCCC(O)=NCCCC[C@H](N=C(O)[C@H](Cc3ccccc3)N=C(O)OCc3ccccc3)C(=O)COC(=O)c3c(C)cc(C(O)=NCCCCCCN=C(O)C4CCN(S(=O)(=O)c5ccccc5C5c6ccc(N7CCc8ccccc87)cc6OC6=CC(=[N+]7CCc8ccccc87)C=CC65)CC4)cc3C)c3cc(S(=O)(=O)O)ccc3C2(C)C)C(C)(C)c2cc(S(=O)(=O)O)ccc21. The minimum Gasteiger partial charge on any atom is -0.497 e. The number of allylic oxidation sites excluding steroid dienone is 3. The number of anilines is 3. The minimum absolute atomic E-state index is 0.0100. The first-order valence-electron chi connectivity index (χ1n) is 50.9. The van der Waals surface area contributed by atoms with Crippen molar-refractivity contribution in [2.75, 3.05) is 75.3 Å². The number of hydrogen-bond acceptors (Lipinski definition) is 18. The summed E-state index contributed by atoms with van der Waals surface area (Å²) in [6.07, 6.45) is 18.6. The van der Waals surface area contributed by atoms with Gasteiger partial charge in [0.1, 0.15) is 36.7 Å². The van der Waals surface area contributed by atoms with Gasteiger partial charge in [0.2, 0.25) is 38.9 Å². The molecule has 16 rings (SSSR count). The first kappa shape index (κ1) is 105. The number of rotatable bonds is 44. The highest BCUT2D eigenvalue weighted by Gasteiger charge is 2.48. The number of benzene rings is 9.